The van der Waals surface area contributed by atoms with Crippen LogP contribution in [0.4, 0.5) is 5.69 Å². The fourth-order valence-electron chi connectivity index (χ4n) is 3.24. The Morgan fingerprint density at radius 2 is 2.08 bits per heavy atom. The lowest BCUT2D eigenvalue weighted by Gasteiger charge is -2.22. The van der Waals surface area contributed by atoms with E-state index in [9.17, 15) is 10.1 Å². The number of benzene rings is 2. The van der Waals surface area contributed by atoms with Gasteiger partial charge in [-0.3, -0.25) is 15.1 Å². The van der Waals surface area contributed by atoms with E-state index in [0.29, 0.717) is 12.5 Å². The topological polar surface area (TPSA) is 70.8 Å². The summed E-state index contributed by atoms with van der Waals surface area (Å²) in [6, 6.07) is 17.2. The van der Waals surface area contributed by atoms with Gasteiger partial charge in [0.2, 0.25) is 0 Å². The molecule has 0 aromatic heterocycles. The molecule has 0 bridgehead atoms. The summed E-state index contributed by atoms with van der Waals surface area (Å²) in [6.45, 7) is 2.40. The minimum absolute atomic E-state index is 0.111. The molecule has 0 spiro atoms. The number of guanidine groups is 1. The number of nitro groups is 1. The normalized spacial score (nSPS) is 17.6. The molecule has 2 aromatic carbocycles. The Balaban J connectivity index is 1.60. The average Bonchev–Trinajstić information content (AvgIpc) is 3.13. The second kappa shape index (κ2) is 7.79. The standard InChI is InChI=1S/C19H22N4O2/c1-20-19(21-13-15-6-5-9-18(12-15)23(24)25)22-11-10-17(14-22)16-7-3-2-4-8-16/h2-9,12,17H,10-11,13-14H2,1H3,(H,20,21). The molecule has 1 heterocycles. The lowest BCUT2D eigenvalue weighted by atomic mass is 9.99. The van der Waals surface area contributed by atoms with Gasteiger partial charge in [-0.15, -0.1) is 0 Å². The monoisotopic (exact) mass is 338 g/mol. The number of hydrogen-bond donors (Lipinski definition) is 1. The van der Waals surface area contributed by atoms with Crippen molar-refractivity contribution < 1.29 is 4.92 Å². The van der Waals surface area contributed by atoms with Crippen LogP contribution in [0, 0.1) is 10.1 Å². The van der Waals surface area contributed by atoms with Crippen molar-refractivity contribution in [1.82, 2.24) is 10.2 Å². The molecule has 1 N–H and O–H groups in total. The van der Waals surface area contributed by atoms with Crippen molar-refractivity contribution in [1.29, 1.82) is 0 Å². The van der Waals surface area contributed by atoms with Crippen molar-refractivity contribution in [3.8, 4) is 0 Å². The van der Waals surface area contributed by atoms with Crippen LogP contribution in [0.2, 0.25) is 0 Å². The minimum atomic E-state index is -0.372. The van der Waals surface area contributed by atoms with E-state index in [1.165, 1.54) is 11.6 Å². The zero-order valence-corrected chi connectivity index (χ0v) is 14.3. The lowest BCUT2D eigenvalue weighted by Crippen LogP contribution is -2.39. The van der Waals surface area contributed by atoms with E-state index < -0.39 is 0 Å². The highest BCUT2D eigenvalue weighted by molar-refractivity contribution is 5.80. The maximum atomic E-state index is 10.9. The minimum Gasteiger partial charge on any atom is -0.352 e. The van der Waals surface area contributed by atoms with Crippen molar-refractivity contribution in [2.75, 3.05) is 20.1 Å². The van der Waals surface area contributed by atoms with Crippen molar-refractivity contribution in [3.63, 3.8) is 0 Å². The fraction of sp³-hybridized carbons (Fsp3) is 0.316. The highest BCUT2D eigenvalue weighted by atomic mass is 16.6. The number of likely N-dealkylation sites (tertiary alicyclic amines) is 1. The van der Waals surface area contributed by atoms with E-state index in [1.807, 2.05) is 12.1 Å². The van der Waals surface area contributed by atoms with E-state index in [2.05, 4.69) is 39.5 Å². The van der Waals surface area contributed by atoms with Crippen LogP contribution < -0.4 is 5.32 Å². The Hall–Kier alpha value is -2.89. The number of hydrogen-bond acceptors (Lipinski definition) is 3. The SMILES string of the molecule is CN=C(NCc1cccc([N+](=O)[O-])c1)N1CCC(c2ccccc2)C1. The number of nitrogens with zero attached hydrogens (tertiary/aromatic N) is 3. The first kappa shape index (κ1) is 17.0. The molecule has 6 nitrogen and oxygen atoms in total. The molecule has 0 radical (unpaired) electrons. The molecule has 130 valence electrons. The van der Waals surface area contributed by atoms with Crippen LogP contribution in [0.15, 0.2) is 59.6 Å². The van der Waals surface area contributed by atoms with Gasteiger partial charge in [0.05, 0.1) is 4.92 Å². The molecule has 0 aliphatic carbocycles. The number of nitro benzene ring substituents is 1. The number of rotatable bonds is 4. The first-order valence-electron chi connectivity index (χ1n) is 8.41. The summed E-state index contributed by atoms with van der Waals surface area (Å²) < 4.78 is 0. The second-order valence-corrected chi connectivity index (χ2v) is 6.17. The van der Waals surface area contributed by atoms with Crippen LogP contribution in [0.25, 0.3) is 0 Å². The van der Waals surface area contributed by atoms with Crippen LogP contribution in [0.1, 0.15) is 23.5 Å². The van der Waals surface area contributed by atoms with Gasteiger partial charge in [0, 0.05) is 44.7 Å². The molecular weight excluding hydrogens is 316 g/mol. The van der Waals surface area contributed by atoms with E-state index in [1.54, 1.807) is 19.2 Å². The van der Waals surface area contributed by atoms with Crippen molar-refractivity contribution in [2.45, 2.75) is 18.9 Å². The van der Waals surface area contributed by atoms with E-state index in [0.717, 1.165) is 31.0 Å². The number of aliphatic imine (C=N–C) groups is 1. The Labute approximate surface area is 147 Å². The molecule has 0 amide bonds. The van der Waals surface area contributed by atoms with Crippen molar-refractivity contribution in [2.24, 2.45) is 4.99 Å². The first-order valence-corrected chi connectivity index (χ1v) is 8.41. The molecule has 25 heavy (non-hydrogen) atoms. The summed E-state index contributed by atoms with van der Waals surface area (Å²) in [5.41, 5.74) is 2.34. The third-order valence-corrected chi connectivity index (χ3v) is 4.54. The Kier molecular flexibility index (Phi) is 5.28. The molecule has 1 unspecified atom stereocenters. The van der Waals surface area contributed by atoms with Gasteiger partial charge in [-0.25, -0.2) is 0 Å². The molecule has 2 aromatic rings. The molecule has 6 heteroatoms. The molecule has 1 aliphatic rings. The van der Waals surface area contributed by atoms with Gasteiger partial charge in [0.1, 0.15) is 0 Å². The van der Waals surface area contributed by atoms with Gasteiger partial charge < -0.3 is 10.2 Å². The van der Waals surface area contributed by atoms with Crippen LogP contribution in [-0.2, 0) is 6.54 Å². The highest BCUT2D eigenvalue weighted by Gasteiger charge is 2.25. The fourth-order valence-corrected chi connectivity index (χ4v) is 3.24. The smallest absolute Gasteiger partial charge is 0.269 e. The average molecular weight is 338 g/mol. The van der Waals surface area contributed by atoms with Gasteiger partial charge in [0.15, 0.2) is 5.96 Å². The van der Waals surface area contributed by atoms with Gasteiger partial charge in [-0.1, -0.05) is 42.5 Å². The quantitative estimate of drug-likeness (QED) is 0.402. The van der Waals surface area contributed by atoms with Crippen LogP contribution >= 0.6 is 0 Å². The first-order chi connectivity index (χ1) is 12.2. The van der Waals surface area contributed by atoms with E-state index in [-0.39, 0.29) is 10.6 Å². The molecule has 0 saturated carbocycles. The van der Waals surface area contributed by atoms with E-state index >= 15 is 0 Å². The zero-order chi connectivity index (χ0) is 17.6. The number of non-ortho nitro benzene ring substituents is 1. The highest BCUT2D eigenvalue weighted by Crippen LogP contribution is 2.26. The summed E-state index contributed by atoms with van der Waals surface area (Å²) >= 11 is 0. The number of nitrogens with one attached hydrogen (secondary N) is 1. The summed E-state index contributed by atoms with van der Waals surface area (Å²) in [4.78, 5) is 17.1. The molecule has 1 aliphatic heterocycles. The Morgan fingerprint density at radius 1 is 1.28 bits per heavy atom. The van der Waals surface area contributed by atoms with Crippen molar-refractivity contribution in [3.05, 3.63) is 75.8 Å². The van der Waals surface area contributed by atoms with E-state index in [4.69, 9.17) is 0 Å². The summed E-state index contributed by atoms with van der Waals surface area (Å²) in [7, 11) is 1.77. The Bertz CT molecular complexity index is 761. The second-order valence-electron chi connectivity index (χ2n) is 6.17. The summed E-state index contributed by atoms with van der Waals surface area (Å²) in [5, 5.41) is 14.2. The van der Waals surface area contributed by atoms with Gasteiger partial charge in [-0.2, -0.15) is 0 Å². The van der Waals surface area contributed by atoms with Gasteiger partial charge in [-0.05, 0) is 17.5 Å². The maximum Gasteiger partial charge on any atom is 0.269 e. The molecule has 3 rings (SSSR count). The third kappa shape index (κ3) is 4.15. The van der Waals surface area contributed by atoms with Crippen LogP contribution in [0.5, 0.6) is 0 Å². The predicted molar refractivity (Wildman–Crippen MR) is 98.7 cm³/mol. The van der Waals surface area contributed by atoms with Gasteiger partial charge in [0.25, 0.3) is 5.69 Å². The van der Waals surface area contributed by atoms with Crippen LogP contribution in [0.3, 0.4) is 0 Å². The van der Waals surface area contributed by atoms with Crippen molar-refractivity contribution >= 4 is 11.6 Å². The molecule has 1 saturated heterocycles. The third-order valence-electron chi connectivity index (χ3n) is 4.54. The van der Waals surface area contributed by atoms with Crippen LogP contribution in [-0.4, -0.2) is 35.9 Å². The summed E-state index contributed by atoms with van der Waals surface area (Å²) in [6.07, 6.45) is 1.10. The van der Waals surface area contributed by atoms with Gasteiger partial charge >= 0.3 is 0 Å². The summed E-state index contributed by atoms with van der Waals surface area (Å²) in [5.74, 6) is 1.35. The predicted octanol–water partition coefficient (Wildman–Crippen LogP) is 3.16. The maximum absolute atomic E-state index is 10.9. The molecule has 1 fully saturated rings. The molecular formula is C19H22N4O2. The largest absolute Gasteiger partial charge is 0.352 e. The lowest BCUT2D eigenvalue weighted by molar-refractivity contribution is -0.384. The molecule has 1 atom stereocenters. The Morgan fingerprint density at radius 3 is 2.80 bits per heavy atom. The zero-order valence-electron chi connectivity index (χ0n) is 14.3.